The number of aryl methyl sites for hydroxylation is 1. The highest BCUT2D eigenvalue weighted by Crippen LogP contribution is 2.26. The average molecular weight is 253 g/mol. The lowest BCUT2D eigenvalue weighted by molar-refractivity contribution is 0.269. The minimum atomic E-state index is -0.0256. The molecule has 1 aromatic carbocycles. The highest BCUT2D eigenvalue weighted by molar-refractivity contribution is 8.13. The number of nitrogens with one attached hydrogen (secondary N) is 1. The average Bonchev–Trinajstić information content (AvgIpc) is 2.29. The molecule has 4 heteroatoms. The predicted molar refractivity (Wildman–Crippen MR) is 74.1 cm³/mol. The second-order valence-corrected chi connectivity index (χ2v) is 4.89. The van der Waals surface area contributed by atoms with E-state index in [4.69, 9.17) is 4.74 Å². The van der Waals surface area contributed by atoms with Gasteiger partial charge in [-0.15, -0.1) is 0 Å². The Morgan fingerprint density at radius 1 is 1.47 bits per heavy atom. The van der Waals surface area contributed by atoms with Crippen LogP contribution in [-0.4, -0.2) is 18.1 Å². The highest BCUT2D eigenvalue weighted by atomic mass is 32.2. The van der Waals surface area contributed by atoms with Gasteiger partial charge >= 0.3 is 0 Å². The van der Waals surface area contributed by atoms with Crippen LogP contribution in [0.5, 0.6) is 5.75 Å². The molecule has 0 aliphatic carbocycles. The van der Waals surface area contributed by atoms with Crippen LogP contribution in [0, 0.1) is 6.92 Å². The van der Waals surface area contributed by atoms with E-state index >= 15 is 0 Å². The fourth-order valence-corrected chi connectivity index (χ4v) is 2.18. The van der Waals surface area contributed by atoms with Crippen molar-refractivity contribution in [2.75, 3.05) is 18.2 Å². The van der Waals surface area contributed by atoms with Crippen molar-refractivity contribution in [3.8, 4) is 5.75 Å². The minimum absolute atomic E-state index is 0.0256. The SMILES string of the molecule is CCCCSC(=O)Nc1cc(C)ccc1OC. The summed E-state index contributed by atoms with van der Waals surface area (Å²) in [6.45, 7) is 4.10. The van der Waals surface area contributed by atoms with E-state index in [1.54, 1.807) is 7.11 Å². The smallest absolute Gasteiger partial charge is 0.283 e. The molecule has 0 heterocycles. The molecule has 0 radical (unpaired) electrons. The summed E-state index contributed by atoms with van der Waals surface area (Å²) in [6, 6.07) is 5.73. The molecule has 17 heavy (non-hydrogen) atoms. The molecule has 3 nitrogen and oxygen atoms in total. The zero-order chi connectivity index (χ0) is 12.7. The molecular formula is C13H19NO2S. The maximum Gasteiger partial charge on any atom is 0.283 e. The van der Waals surface area contributed by atoms with E-state index in [0.29, 0.717) is 5.75 Å². The molecular weight excluding hydrogens is 234 g/mol. The van der Waals surface area contributed by atoms with Gasteiger partial charge in [0, 0.05) is 5.75 Å². The molecule has 0 saturated heterocycles. The monoisotopic (exact) mass is 253 g/mol. The van der Waals surface area contributed by atoms with E-state index in [2.05, 4.69) is 12.2 Å². The van der Waals surface area contributed by atoms with Crippen LogP contribution >= 0.6 is 11.8 Å². The molecule has 0 aliphatic heterocycles. The third-order valence-electron chi connectivity index (χ3n) is 2.32. The first kappa shape index (κ1) is 13.9. The van der Waals surface area contributed by atoms with Gasteiger partial charge in [0.05, 0.1) is 12.8 Å². The second-order valence-electron chi connectivity index (χ2n) is 3.82. The van der Waals surface area contributed by atoms with Crippen molar-refractivity contribution in [3.63, 3.8) is 0 Å². The highest BCUT2D eigenvalue weighted by Gasteiger charge is 2.07. The number of ether oxygens (including phenoxy) is 1. The van der Waals surface area contributed by atoms with Crippen molar-refractivity contribution < 1.29 is 9.53 Å². The van der Waals surface area contributed by atoms with E-state index in [1.807, 2.05) is 25.1 Å². The van der Waals surface area contributed by atoms with Gasteiger partial charge in [0.2, 0.25) is 0 Å². The number of amides is 1. The first-order chi connectivity index (χ1) is 8.17. The van der Waals surface area contributed by atoms with Crippen molar-refractivity contribution in [1.82, 2.24) is 0 Å². The van der Waals surface area contributed by atoms with Crippen LogP contribution in [0.25, 0.3) is 0 Å². The summed E-state index contributed by atoms with van der Waals surface area (Å²) < 4.78 is 5.20. The Hall–Kier alpha value is -1.16. The van der Waals surface area contributed by atoms with Gasteiger partial charge in [-0.05, 0) is 31.0 Å². The van der Waals surface area contributed by atoms with Gasteiger partial charge in [-0.2, -0.15) is 0 Å². The fraction of sp³-hybridized carbons (Fsp3) is 0.462. The molecule has 1 amide bonds. The van der Waals surface area contributed by atoms with E-state index in [1.165, 1.54) is 11.8 Å². The van der Waals surface area contributed by atoms with Gasteiger partial charge < -0.3 is 10.1 Å². The van der Waals surface area contributed by atoms with Crippen molar-refractivity contribution in [2.24, 2.45) is 0 Å². The Labute approximate surface area is 107 Å². The third kappa shape index (κ3) is 4.69. The van der Waals surface area contributed by atoms with Gasteiger partial charge in [-0.3, -0.25) is 4.79 Å². The van der Waals surface area contributed by atoms with Gasteiger partial charge in [-0.25, -0.2) is 0 Å². The summed E-state index contributed by atoms with van der Waals surface area (Å²) in [6.07, 6.45) is 2.16. The standard InChI is InChI=1S/C13H19NO2S/c1-4-5-8-17-13(15)14-11-9-10(2)6-7-12(11)16-3/h6-7,9H,4-5,8H2,1-3H3,(H,14,15). The van der Waals surface area contributed by atoms with Crippen LogP contribution < -0.4 is 10.1 Å². The number of rotatable bonds is 5. The predicted octanol–water partition coefficient (Wildman–Crippen LogP) is 4.07. The molecule has 0 aliphatic rings. The Morgan fingerprint density at radius 3 is 2.88 bits per heavy atom. The van der Waals surface area contributed by atoms with E-state index < -0.39 is 0 Å². The zero-order valence-corrected chi connectivity index (χ0v) is 11.4. The van der Waals surface area contributed by atoms with Crippen molar-refractivity contribution in [3.05, 3.63) is 23.8 Å². The zero-order valence-electron chi connectivity index (χ0n) is 10.6. The molecule has 0 atom stereocenters. The summed E-state index contributed by atoms with van der Waals surface area (Å²) in [5, 5.41) is 2.83. The van der Waals surface area contributed by atoms with Gasteiger partial charge in [0.15, 0.2) is 0 Å². The maximum absolute atomic E-state index is 11.7. The van der Waals surface area contributed by atoms with Gasteiger partial charge in [-0.1, -0.05) is 31.2 Å². The van der Waals surface area contributed by atoms with E-state index in [9.17, 15) is 4.79 Å². The topological polar surface area (TPSA) is 38.3 Å². The van der Waals surface area contributed by atoms with Crippen LogP contribution in [0.4, 0.5) is 10.5 Å². The Kier molecular flexibility index (Phi) is 5.91. The molecule has 0 bridgehead atoms. The largest absolute Gasteiger partial charge is 0.495 e. The molecule has 94 valence electrons. The number of benzene rings is 1. The summed E-state index contributed by atoms with van der Waals surface area (Å²) >= 11 is 1.32. The lowest BCUT2D eigenvalue weighted by Gasteiger charge is -2.10. The number of carbonyl (C=O) groups is 1. The Balaban J connectivity index is 2.60. The summed E-state index contributed by atoms with van der Waals surface area (Å²) in [7, 11) is 1.60. The van der Waals surface area contributed by atoms with Gasteiger partial charge in [0.25, 0.3) is 5.24 Å². The molecule has 0 fully saturated rings. The van der Waals surface area contributed by atoms with Crippen LogP contribution in [0.2, 0.25) is 0 Å². The van der Waals surface area contributed by atoms with E-state index in [0.717, 1.165) is 29.8 Å². The number of thioether (sulfide) groups is 1. The quantitative estimate of drug-likeness (QED) is 0.804. The molecule has 0 spiro atoms. The Morgan fingerprint density at radius 2 is 2.24 bits per heavy atom. The summed E-state index contributed by atoms with van der Waals surface area (Å²) in [5.41, 5.74) is 1.83. The number of hydrogen-bond donors (Lipinski definition) is 1. The first-order valence-corrected chi connectivity index (χ1v) is 6.74. The van der Waals surface area contributed by atoms with E-state index in [-0.39, 0.29) is 5.24 Å². The summed E-state index contributed by atoms with van der Waals surface area (Å²) in [4.78, 5) is 11.7. The van der Waals surface area contributed by atoms with Crippen LogP contribution in [0.15, 0.2) is 18.2 Å². The Bertz CT molecular complexity index is 380. The number of carbonyl (C=O) groups excluding carboxylic acids is 1. The normalized spacial score (nSPS) is 10.1. The molecule has 0 saturated carbocycles. The first-order valence-electron chi connectivity index (χ1n) is 5.75. The van der Waals surface area contributed by atoms with Crippen LogP contribution in [0.3, 0.4) is 0 Å². The number of anilines is 1. The number of unbranched alkanes of at least 4 members (excludes halogenated alkanes) is 1. The van der Waals surface area contributed by atoms with Crippen molar-refractivity contribution in [1.29, 1.82) is 0 Å². The van der Waals surface area contributed by atoms with Crippen LogP contribution in [0.1, 0.15) is 25.3 Å². The fourth-order valence-electron chi connectivity index (χ4n) is 1.37. The summed E-state index contributed by atoms with van der Waals surface area (Å²) in [5.74, 6) is 1.55. The lowest BCUT2D eigenvalue weighted by Crippen LogP contribution is -2.07. The molecule has 0 aromatic heterocycles. The number of hydrogen-bond acceptors (Lipinski definition) is 3. The van der Waals surface area contributed by atoms with Crippen LogP contribution in [-0.2, 0) is 0 Å². The van der Waals surface area contributed by atoms with Crippen molar-refractivity contribution >= 4 is 22.7 Å². The van der Waals surface area contributed by atoms with Crippen molar-refractivity contribution in [2.45, 2.75) is 26.7 Å². The maximum atomic E-state index is 11.7. The number of methoxy groups -OCH3 is 1. The second kappa shape index (κ2) is 7.22. The molecule has 0 unspecified atom stereocenters. The third-order valence-corrected chi connectivity index (χ3v) is 3.18. The molecule has 1 rings (SSSR count). The minimum Gasteiger partial charge on any atom is -0.495 e. The molecule has 1 aromatic rings. The lowest BCUT2D eigenvalue weighted by atomic mass is 10.2. The van der Waals surface area contributed by atoms with Gasteiger partial charge in [0.1, 0.15) is 5.75 Å². The molecule has 1 N–H and O–H groups in total.